The Morgan fingerprint density at radius 1 is 1.28 bits per heavy atom. The first-order valence-corrected chi connectivity index (χ1v) is 13.1. The van der Waals surface area contributed by atoms with Crippen LogP contribution in [0.3, 0.4) is 0 Å². The van der Waals surface area contributed by atoms with Gasteiger partial charge >= 0.3 is 0 Å². The summed E-state index contributed by atoms with van der Waals surface area (Å²) in [5, 5.41) is 4.46. The Hall–Kier alpha value is -2.32. The molecule has 0 radical (unpaired) electrons. The Bertz CT molecular complexity index is 1140. The first kappa shape index (κ1) is 22.9. The average Bonchev–Trinajstić information content (AvgIpc) is 3.39. The quantitative estimate of drug-likeness (QED) is 0.275. The second-order valence-corrected chi connectivity index (χ2v) is 10.2. The second kappa shape index (κ2) is 10.5. The first-order chi connectivity index (χ1) is 15.6. The molecular weight excluding hydrogens is 440 g/mol. The summed E-state index contributed by atoms with van der Waals surface area (Å²) in [5.74, 6) is 0.241. The number of benzene rings is 1. The number of nitrogens with zero attached hydrogens (tertiary/aromatic N) is 3. The van der Waals surface area contributed by atoms with Gasteiger partial charge in [0.1, 0.15) is 4.83 Å². The Balaban J connectivity index is 1.34. The van der Waals surface area contributed by atoms with Gasteiger partial charge in [-0.05, 0) is 49.8 Å². The minimum absolute atomic E-state index is 0.0246. The van der Waals surface area contributed by atoms with Crippen LogP contribution in [0.15, 0.2) is 40.3 Å². The van der Waals surface area contributed by atoms with Crippen molar-refractivity contribution in [2.24, 2.45) is 0 Å². The van der Waals surface area contributed by atoms with Crippen molar-refractivity contribution >= 4 is 44.9 Å². The summed E-state index contributed by atoms with van der Waals surface area (Å²) in [4.78, 5) is 34.7. The molecule has 170 valence electrons. The largest absolute Gasteiger partial charge is 0.375 e. The summed E-state index contributed by atoms with van der Waals surface area (Å²) in [6, 6.07) is 10.2. The third-order valence-electron chi connectivity index (χ3n) is 5.76. The molecule has 0 bridgehead atoms. The van der Waals surface area contributed by atoms with Gasteiger partial charge in [-0.2, -0.15) is 0 Å². The molecule has 0 atom stereocenters. The van der Waals surface area contributed by atoms with Crippen molar-refractivity contribution < 1.29 is 4.79 Å². The molecule has 0 aliphatic heterocycles. The van der Waals surface area contributed by atoms with E-state index in [1.807, 2.05) is 18.2 Å². The van der Waals surface area contributed by atoms with Crippen molar-refractivity contribution in [2.75, 3.05) is 30.8 Å². The Morgan fingerprint density at radius 2 is 2.09 bits per heavy atom. The van der Waals surface area contributed by atoms with Crippen molar-refractivity contribution in [2.45, 2.75) is 50.7 Å². The number of aryl methyl sites for hydroxylation is 2. The van der Waals surface area contributed by atoms with Gasteiger partial charge in [-0.15, -0.1) is 11.3 Å². The van der Waals surface area contributed by atoms with Gasteiger partial charge in [0, 0.05) is 37.2 Å². The van der Waals surface area contributed by atoms with E-state index >= 15 is 0 Å². The number of thiophene rings is 1. The Kier molecular flexibility index (Phi) is 7.52. The number of carbonyl (C=O) groups excluding carboxylic acids is 1. The molecule has 3 aromatic rings. The molecule has 2 aromatic heterocycles. The zero-order valence-corrected chi connectivity index (χ0v) is 20.4. The SMILES string of the molecule is CCCn1c(SCC(=O)NCCCN(C)c2ccccc2)nc2sc3c(c2c1=O)CCC3. The van der Waals surface area contributed by atoms with Crippen LogP contribution >= 0.6 is 23.1 Å². The molecule has 1 aliphatic carbocycles. The van der Waals surface area contributed by atoms with E-state index in [1.54, 1.807) is 15.9 Å². The highest BCUT2D eigenvalue weighted by atomic mass is 32.2. The van der Waals surface area contributed by atoms with Crippen molar-refractivity contribution in [1.29, 1.82) is 0 Å². The molecule has 0 spiro atoms. The number of nitrogens with one attached hydrogen (secondary N) is 1. The van der Waals surface area contributed by atoms with Crippen LogP contribution in [0.5, 0.6) is 0 Å². The molecule has 1 aliphatic rings. The minimum atomic E-state index is -0.0246. The van der Waals surface area contributed by atoms with E-state index in [-0.39, 0.29) is 17.2 Å². The van der Waals surface area contributed by atoms with E-state index in [4.69, 9.17) is 4.98 Å². The number of hydrogen-bond donors (Lipinski definition) is 1. The standard InChI is InChI=1S/C24H30N4O2S2/c1-3-14-28-23(30)21-18-11-7-12-19(18)32-22(21)26-24(28)31-16-20(29)25-13-8-15-27(2)17-9-5-4-6-10-17/h4-6,9-10H,3,7-8,11-16H2,1-2H3,(H,25,29). The Morgan fingerprint density at radius 3 is 2.88 bits per heavy atom. The monoisotopic (exact) mass is 470 g/mol. The number of aromatic nitrogens is 2. The fraction of sp³-hybridized carbons (Fsp3) is 0.458. The van der Waals surface area contributed by atoms with Crippen LogP contribution in [0.25, 0.3) is 10.2 Å². The lowest BCUT2D eigenvalue weighted by atomic mass is 10.2. The van der Waals surface area contributed by atoms with Crippen LogP contribution in [0.4, 0.5) is 5.69 Å². The van der Waals surface area contributed by atoms with E-state index in [2.05, 4.69) is 36.3 Å². The molecule has 4 rings (SSSR count). The van der Waals surface area contributed by atoms with Crippen LogP contribution in [0.1, 0.15) is 36.6 Å². The molecule has 0 saturated heterocycles. The topological polar surface area (TPSA) is 67.2 Å². The van der Waals surface area contributed by atoms with Crippen molar-refractivity contribution in [1.82, 2.24) is 14.9 Å². The predicted molar refractivity (Wildman–Crippen MR) is 134 cm³/mol. The van der Waals surface area contributed by atoms with Gasteiger partial charge in [-0.25, -0.2) is 4.98 Å². The first-order valence-electron chi connectivity index (χ1n) is 11.3. The molecule has 1 aromatic carbocycles. The van der Waals surface area contributed by atoms with Gasteiger partial charge in [0.25, 0.3) is 5.56 Å². The molecule has 8 heteroatoms. The number of thioether (sulfide) groups is 1. The lowest BCUT2D eigenvalue weighted by molar-refractivity contribution is -0.118. The van der Waals surface area contributed by atoms with Gasteiger partial charge in [-0.3, -0.25) is 14.2 Å². The maximum atomic E-state index is 13.2. The molecule has 1 amide bonds. The average molecular weight is 471 g/mol. The third kappa shape index (κ3) is 5.02. The van der Waals surface area contributed by atoms with Gasteiger partial charge in [0.2, 0.25) is 5.91 Å². The molecule has 0 saturated carbocycles. The van der Waals surface area contributed by atoms with E-state index in [9.17, 15) is 9.59 Å². The predicted octanol–water partition coefficient (Wildman–Crippen LogP) is 4.09. The zero-order valence-electron chi connectivity index (χ0n) is 18.7. The number of amides is 1. The highest BCUT2D eigenvalue weighted by Gasteiger charge is 2.23. The fourth-order valence-electron chi connectivity index (χ4n) is 4.13. The van der Waals surface area contributed by atoms with Crippen LogP contribution < -0.4 is 15.8 Å². The number of hydrogen-bond acceptors (Lipinski definition) is 6. The molecular formula is C24H30N4O2S2. The highest BCUT2D eigenvalue weighted by Crippen LogP contribution is 2.35. The summed E-state index contributed by atoms with van der Waals surface area (Å²) >= 11 is 3.01. The molecule has 2 heterocycles. The van der Waals surface area contributed by atoms with Crippen molar-refractivity contribution in [3.63, 3.8) is 0 Å². The zero-order chi connectivity index (χ0) is 22.5. The van der Waals surface area contributed by atoms with Gasteiger partial charge in [0.05, 0.1) is 11.1 Å². The maximum absolute atomic E-state index is 13.2. The van der Waals surface area contributed by atoms with Crippen molar-refractivity contribution in [3.8, 4) is 0 Å². The van der Waals surface area contributed by atoms with E-state index in [0.717, 1.165) is 48.9 Å². The van der Waals surface area contributed by atoms with Crippen LogP contribution in [-0.2, 0) is 24.2 Å². The summed E-state index contributed by atoms with van der Waals surface area (Å²) in [5.41, 5.74) is 2.44. The smallest absolute Gasteiger partial charge is 0.263 e. The maximum Gasteiger partial charge on any atom is 0.263 e. The summed E-state index contributed by atoms with van der Waals surface area (Å²) in [7, 11) is 2.06. The molecule has 0 fully saturated rings. The Labute approximate surface area is 197 Å². The van der Waals surface area contributed by atoms with E-state index in [1.165, 1.54) is 27.9 Å². The fourth-order valence-corrected chi connectivity index (χ4v) is 6.28. The highest BCUT2D eigenvalue weighted by molar-refractivity contribution is 7.99. The lowest BCUT2D eigenvalue weighted by Crippen LogP contribution is -2.30. The van der Waals surface area contributed by atoms with Crippen LogP contribution in [0, 0.1) is 0 Å². The lowest BCUT2D eigenvalue weighted by Gasteiger charge is -2.19. The summed E-state index contributed by atoms with van der Waals surface area (Å²) in [6.07, 6.45) is 4.88. The number of rotatable bonds is 10. The number of carbonyl (C=O) groups is 1. The molecule has 0 unspecified atom stereocenters. The van der Waals surface area contributed by atoms with E-state index in [0.29, 0.717) is 18.2 Å². The number of para-hydroxylation sites is 1. The van der Waals surface area contributed by atoms with Gasteiger partial charge in [0.15, 0.2) is 5.16 Å². The van der Waals surface area contributed by atoms with E-state index < -0.39 is 0 Å². The van der Waals surface area contributed by atoms with Gasteiger partial charge < -0.3 is 10.2 Å². The summed E-state index contributed by atoms with van der Waals surface area (Å²) in [6.45, 7) is 4.18. The van der Waals surface area contributed by atoms with Crippen molar-refractivity contribution in [3.05, 3.63) is 51.1 Å². The minimum Gasteiger partial charge on any atom is -0.375 e. The van der Waals surface area contributed by atoms with Gasteiger partial charge in [-0.1, -0.05) is 36.9 Å². The van der Waals surface area contributed by atoms with Crippen LogP contribution in [0.2, 0.25) is 0 Å². The summed E-state index contributed by atoms with van der Waals surface area (Å²) < 4.78 is 1.76. The van der Waals surface area contributed by atoms with Crippen LogP contribution in [-0.4, -0.2) is 41.3 Å². The second-order valence-electron chi connectivity index (χ2n) is 8.14. The molecule has 32 heavy (non-hydrogen) atoms. The molecule has 6 nitrogen and oxygen atoms in total. The third-order valence-corrected chi connectivity index (χ3v) is 7.92. The number of anilines is 1. The number of fused-ring (bicyclic) bond motifs is 3. The molecule has 1 N–H and O–H groups in total. The normalized spacial score (nSPS) is 12.8.